The van der Waals surface area contributed by atoms with Crippen molar-refractivity contribution in [2.24, 2.45) is 0 Å². The standard InChI is InChI=1S/C21H24N8O2S/c1-12-10-18(23-13(2)22-12)27-19-11-16(20-21(28-19)25-14(3)24-20)26-15-8-6-7-9-17(15)29(4)32(5,30)31/h6-11H,1-5H3,(H3,22,23,24,25,26,27,28). The van der Waals surface area contributed by atoms with E-state index in [4.69, 9.17) is 0 Å². The fourth-order valence-corrected chi connectivity index (χ4v) is 3.87. The van der Waals surface area contributed by atoms with Gasteiger partial charge in [-0.2, -0.15) is 0 Å². The molecule has 0 radical (unpaired) electrons. The molecule has 11 heteroatoms. The molecule has 3 aromatic heterocycles. The Morgan fingerprint density at radius 2 is 1.62 bits per heavy atom. The SMILES string of the molecule is Cc1cc(Nc2cc(Nc3ccccc3N(C)S(C)(=O)=O)c3nc(C)[nH]c3n2)nc(C)n1. The van der Waals surface area contributed by atoms with Gasteiger partial charge < -0.3 is 15.6 Å². The second-order valence-electron chi connectivity index (χ2n) is 7.51. The van der Waals surface area contributed by atoms with Gasteiger partial charge in [0.1, 0.15) is 28.8 Å². The first kappa shape index (κ1) is 21.5. The number of hydrogen-bond acceptors (Lipinski definition) is 8. The minimum Gasteiger partial charge on any atom is -0.352 e. The van der Waals surface area contributed by atoms with E-state index in [0.29, 0.717) is 51.5 Å². The second-order valence-corrected chi connectivity index (χ2v) is 9.53. The summed E-state index contributed by atoms with van der Waals surface area (Å²) in [6, 6.07) is 10.8. The highest BCUT2D eigenvalue weighted by atomic mass is 32.2. The number of hydrogen-bond donors (Lipinski definition) is 3. The van der Waals surface area contributed by atoms with E-state index in [-0.39, 0.29) is 0 Å². The van der Waals surface area contributed by atoms with Crippen LogP contribution < -0.4 is 14.9 Å². The molecule has 0 spiro atoms. The summed E-state index contributed by atoms with van der Waals surface area (Å²) in [6.45, 7) is 5.58. The van der Waals surface area contributed by atoms with Gasteiger partial charge in [0.05, 0.1) is 23.3 Å². The Balaban J connectivity index is 1.78. The molecular weight excluding hydrogens is 428 g/mol. The van der Waals surface area contributed by atoms with Crippen molar-refractivity contribution in [2.75, 3.05) is 28.2 Å². The summed E-state index contributed by atoms with van der Waals surface area (Å²) >= 11 is 0. The van der Waals surface area contributed by atoms with Crippen LogP contribution in [0.25, 0.3) is 11.2 Å². The van der Waals surface area contributed by atoms with Gasteiger partial charge in [0, 0.05) is 24.9 Å². The fraction of sp³-hybridized carbons (Fsp3) is 0.238. The molecule has 0 saturated carbocycles. The van der Waals surface area contributed by atoms with E-state index in [2.05, 4.69) is 35.6 Å². The summed E-state index contributed by atoms with van der Waals surface area (Å²) in [5.74, 6) is 2.54. The van der Waals surface area contributed by atoms with Gasteiger partial charge >= 0.3 is 0 Å². The Kier molecular flexibility index (Phi) is 5.43. The molecule has 32 heavy (non-hydrogen) atoms. The number of para-hydroxylation sites is 2. The summed E-state index contributed by atoms with van der Waals surface area (Å²) in [5, 5.41) is 6.55. The first-order valence-electron chi connectivity index (χ1n) is 9.87. The Morgan fingerprint density at radius 3 is 2.34 bits per heavy atom. The number of pyridine rings is 1. The van der Waals surface area contributed by atoms with Gasteiger partial charge in [0.15, 0.2) is 5.65 Å². The van der Waals surface area contributed by atoms with Gasteiger partial charge in [0.25, 0.3) is 0 Å². The summed E-state index contributed by atoms with van der Waals surface area (Å²) in [5.41, 5.74) is 3.87. The number of anilines is 5. The Hall–Kier alpha value is -3.73. The van der Waals surface area contributed by atoms with Crippen molar-refractivity contribution in [3.63, 3.8) is 0 Å². The fourth-order valence-electron chi connectivity index (χ4n) is 3.35. The van der Waals surface area contributed by atoms with Crippen LogP contribution in [0.5, 0.6) is 0 Å². The summed E-state index contributed by atoms with van der Waals surface area (Å²) < 4.78 is 25.5. The van der Waals surface area contributed by atoms with Crippen LogP contribution in [-0.4, -0.2) is 46.6 Å². The zero-order valence-corrected chi connectivity index (χ0v) is 19.2. The minimum absolute atomic E-state index is 0.517. The summed E-state index contributed by atoms with van der Waals surface area (Å²) in [6.07, 6.45) is 1.17. The van der Waals surface area contributed by atoms with Gasteiger partial charge in [-0.3, -0.25) is 4.31 Å². The third kappa shape index (κ3) is 4.47. The summed E-state index contributed by atoms with van der Waals surface area (Å²) in [4.78, 5) is 21.0. The third-order valence-electron chi connectivity index (χ3n) is 4.80. The van der Waals surface area contributed by atoms with Crippen LogP contribution in [0.4, 0.5) is 28.7 Å². The van der Waals surface area contributed by atoms with Gasteiger partial charge in [-0.1, -0.05) is 12.1 Å². The van der Waals surface area contributed by atoms with Crippen molar-refractivity contribution < 1.29 is 8.42 Å². The first-order chi connectivity index (χ1) is 15.1. The average molecular weight is 453 g/mol. The number of aromatic amines is 1. The van der Waals surface area contributed by atoms with E-state index >= 15 is 0 Å². The molecule has 0 aliphatic rings. The molecule has 3 N–H and O–H groups in total. The van der Waals surface area contributed by atoms with Crippen LogP contribution in [0.3, 0.4) is 0 Å². The normalized spacial score (nSPS) is 11.5. The number of imidazole rings is 1. The molecule has 0 unspecified atom stereocenters. The molecule has 0 aliphatic heterocycles. The van der Waals surface area contributed by atoms with E-state index in [9.17, 15) is 8.42 Å². The van der Waals surface area contributed by atoms with Crippen LogP contribution in [0, 0.1) is 20.8 Å². The molecule has 166 valence electrons. The predicted molar refractivity (Wildman–Crippen MR) is 126 cm³/mol. The number of rotatable bonds is 6. The lowest BCUT2D eigenvalue weighted by Crippen LogP contribution is -2.25. The van der Waals surface area contributed by atoms with E-state index in [1.165, 1.54) is 17.6 Å². The Labute approximate surface area is 186 Å². The molecule has 0 saturated heterocycles. The van der Waals surface area contributed by atoms with E-state index in [0.717, 1.165) is 5.69 Å². The molecule has 0 bridgehead atoms. The number of benzene rings is 1. The number of aromatic nitrogens is 5. The van der Waals surface area contributed by atoms with Crippen molar-refractivity contribution in [3.8, 4) is 0 Å². The number of nitrogens with zero attached hydrogens (tertiary/aromatic N) is 5. The first-order valence-corrected chi connectivity index (χ1v) is 11.7. The molecule has 10 nitrogen and oxygen atoms in total. The topological polar surface area (TPSA) is 129 Å². The highest BCUT2D eigenvalue weighted by molar-refractivity contribution is 7.92. The Morgan fingerprint density at radius 1 is 0.906 bits per heavy atom. The van der Waals surface area contributed by atoms with Crippen molar-refractivity contribution >= 4 is 49.9 Å². The van der Waals surface area contributed by atoms with Gasteiger partial charge in [-0.25, -0.2) is 28.4 Å². The number of nitrogens with one attached hydrogen (secondary N) is 3. The van der Waals surface area contributed by atoms with Crippen LogP contribution in [0.15, 0.2) is 36.4 Å². The molecule has 4 aromatic rings. The van der Waals surface area contributed by atoms with E-state index in [1.807, 2.05) is 45.0 Å². The molecular formula is C21H24N8O2S. The maximum atomic E-state index is 12.1. The number of sulfonamides is 1. The third-order valence-corrected chi connectivity index (χ3v) is 6.00. The van der Waals surface area contributed by atoms with Crippen molar-refractivity contribution in [1.29, 1.82) is 0 Å². The van der Waals surface area contributed by atoms with Crippen LogP contribution in [0.1, 0.15) is 17.3 Å². The zero-order chi connectivity index (χ0) is 23.0. The van der Waals surface area contributed by atoms with Gasteiger partial charge in [-0.05, 0) is 32.9 Å². The highest BCUT2D eigenvalue weighted by Gasteiger charge is 2.17. The highest BCUT2D eigenvalue weighted by Crippen LogP contribution is 2.33. The van der Waals surface area contributed by atoms with Gasteiger partial charge in [0.2, 0.25) is 10.0 Å². The number of H-pyrrole nitrogens is 1. The van der Waals surface area contributed by atoms with Crippen LogP contribution in [-0.2, 0) is 10.0 Å². The maximum absolute atomic E-state index is 12.1. The zero-order valence-electron chi connectivity index (χ0n) is 18.4. The summed E-state index contributed by atoms with van der Waals surface area (Å²) in [7, 11) is -1.92. The second kappa shape index (κ2) is 8.08. The molecule has 0 atom stereocenters. The monoisotopic (exact) mass is 452 g/mol. The van der Waals surface area contributed by atoms with Crippen molar-refractivity contribution in [3.05, 3.63) is 53.7 Å². The lowest BCUT2D eigenvalue weighted by atomic mass is 10.2. The van der Waals surface area contributed by atoms with Crippen LogP contribution >= 0.6 is 0 Å². The number of aryl methyl sites for hydroxylation is 3. The smallest absolute Gasteiger partial charge is 0.232 e. The van der Waals surface area contributed by atoms with Crippen LogP contribution in [0.2, 0.25) is 0 Å². The van der Waals surface area contributed by atoms with Crippen molar-refractivity contribution in [1.82, 2.24) is 24.9 Å². The predicted octanol–water partition coefficient (Wildman–Crippen LogP) is 3.56. The van der Waals surface area contributed by atoms with E-state index < -0.39 is 10.0 Å². The van der Waals surface area contributed by atoms with Gasteiger partial charge in [-0.15, -0.1) is 0 Å². The molecule has 4 rings (SSSR count). The Bertz CT molecular complexity index is 1390. The maximum Gasteiger partial charge on any atom is 0.232 e. The lowest BCUT2D eigenvalue weighted by Gasteiger charge is -2.21. The number of fused-ring (bicyclic) bond motifs is 1. The molecule has 1 aromatic carbocycles. The average Bonchev–Trinajstić information content (AvgIpc) is 3.07. The van der Waals surface area contributed by atoms with Crippen molar-refractivity contribution in [2.45, 2.75) is 20.8 Å². The lowest BCUT2D eigenvalue weighted by molar-refractivity contribution is 0.600. The minimum atomic E-state index is -3.43. The molecule has 3 heterocycles. The quantitative estimate of drug-likeness (QED) is 0.405. The molecule has 0 amide bonds. The van der Waals surface area contributed by atoms with E-state index in [1.54, 1.807) is 12.1 Å². The largest absolute Gasteiger partial charge is 0.352 e. The molecule has 0 fully saturated rings. The molecule has 0 aliphatic carbocycles.